The summed E-state index contributed by atoms with van der Waals surface area (Å²) in [6, 6.07) is 0. The Balaban J connectivity index is 0.967. The predicted octanol–water partition coefficient (Wildman–Crippen LogP) is 8.77. The molecular weight excluding hydrogens is 408 g/mol. The smallest absolute Gasteiger partial charge is 0.0168 e. The molecule has 0 spiro atoms. The Bertz CT molecular complexity index is 869. The fourth-order valence-electron chi connectivity index (χ4n) is 15.2. The SMILES string of the molecule is CCCCCCCCCC12CC3C4CC(C5C6CC(C7C8CCC(C8)C67)C45)C3C1C1C=CC2C1. The van der Waals surface area contributed by atoms with Crippen LogP contribution in [0, 0.1) is 94.2 Å². The summed E-state index contributed by atoms with van der Waals surface area (Å²) in [7, 11) is 0. The predicted molar refractivity (Wildman–Crippen MR) is 139 cm³/mol. The third-order valence-corrected chi connectivity index (χ3v) is 15.3. The summed E-state index contributed by atoms with van der Waals surface area (Å²) < 4.78 is 0. The van der Waals surface area contributed by atoms with Gasteiger partial charge in [0.25, 0.3) is 0 Å². The third kappa shape index (κ3) is 2.36. The second-order valence-electron chi connectivity index (χ2n) is 15.7. The van der Waals surface area contributed by atoms with Gasteiger partial charge in [0.2, 0.25) is 0 Å². The van der Waals surface area contributed by atoms with Crippen molar-refractivity contribution in [1.29, 1.82) is 0 Å². The van der Waals surface area contributed by atoms with Gasteiger partial charge in [0.05, 0.1) is 0 Å². The molecular formula is C34H50. The summed E-state index contributed by atoms with van der Waals surface area (Å²) in [6.45, 7) is 2.35. The van der Waals surface area contributed by atoms with Crippen LogP contribution in [-0.2, 0) is 0 Å². The van der Waals surface area contributed by atoms with Crippen LogP contribution in [0.2, 0.25) is 0 Å². The topological polar surface area (TPSA) is 0 Å². The zero-order chi connectivity index (χ0) is 22.2. The van der Waals surface area contributed by atoms with E-state index in [0.717, 1.165) is 23.2 Å². The van der Waals surface area contributed by atoms with Crippen molar-refractivity contribution < 1.29 is 0 Å². The van der Waals surface area contributed by atoms with Gasteiger partial charge in [-0.15, -0.1) is 0 Å². The molecule has 0 aliphatic heterocycles. The van der Waals surface area contributed by atoms with Crippen molar-refractivity contribution >= 4 is 0 Å². The molecule has 0 aromatic rings. The second-order valence-corrected chi connectivity index (χ2v) is 15.7. The molecule has 16 atom stereocenters. The first-order valence-electron chi connectivity index (χ1n) is 16.5. The van der Waals surface area contributed by atoms with Crippen LogP contribution in [-0.4, -0.2) is 0 Å². The van der Waals surface area contributed by atoms with E-state index in [0.29, 0.717) is 0 Å². The molecule has 0 N–H and O–H groups in total. The zero-order valence-corrected chi connectivity index (χ0v) is 21.9. The first-order valence-corrected chi connectivity index (χ1v) is 16.5. The molecule has 0 heterocycles. The van der Waals surface area contributed by atoms with E-state index in [1.165, 1.54) is 110 Å². The van der Waals surface area contributed by atoms with E-state index < -0.39 is 0 Å². The molecule has 0 aromatic carbocycles. The molecule has 0 amide bonds. The van der Waals surface area contributed by atoms with Gasteiger partial charge >= 0.3 is 0 Å². The Morgan fingerprint density at radius 3 is 2.09 bits per heavy atom. The summed E-state index contributed by atoms with van der Waals surface area (Å²) >= 11 is 0. The maximum Gasteiger partial charge on any atom is -0.0168 e. The Morgan fingerprint density at radius 1 is 0.618 bits per heavy atom. The van der Waals surface area contributed by atoms with Crippen LogP contribution in [0.4, 0.5) is 0 Å². The molecule has 9 aliphatic carbocycles. The lowest BCUT2D eigenvalue weighted by atomic mass is 9.56. The molecule has 186 valence electrons. The summed E-state index contributed by atoms with van der Waals surface area (Å²) in [6.07, 6.45) is 29.1. The van der Waals surface area contributed by atoms with E-state index in [1.54, 1.807) is 57.8 Å². The molecule has 8 bridgehead atoms. The van der Waals surface area contributed by atoms with Crippen LogP contribution >= 0.6 is 0 Å². The molecule has 8 fully saturated rings. The molecule has 0 radical (unpaired) electrons. The maximum atomic E-state index is 2.75. The van der Waals surface area contributed by atoms with E-state index in [-0.39, 0.29) is 0 Å². The van der Waals surface area contributed by atoms with E-state index in [4.69, 9.17) is 0 Å². The van der Waals surface area contributed by atoms with E-state index >= 15 is 0 Å². The van der Waals surface area contributed by atoms with E-state index in [2.05, 4.69) is 19.1 Å². The first-order chi connectivity index (χ1) is 16.8. The minimum absolute atomic E-state index is 0.766. The molecule has 9 aliphatic rings. The highest BCUT2D eigenvalue weighted by atomic mass is 14.8. The van der Waals surface area contributed by atoms with Crippen LogP contribution in [0.1, 0.15) is 103 Å². The summed E-state index contributed by atoms with van der Waals surface area (Å²) in [5.74, 6) is 17.5. The van der Waals surface area contributed by atoms with Crippen molar-refractivity contribution in [3.8, 4) is 0 Å². The highest BCUT2D eigenvalue weighted by Gasteiger charge is 2.77. The van der Waals surface area contributed by atoms with Gasteiger partial charge in [-0.2, -0.15) is 0 Å². The van der Waals surface area contributed by atoms with Gasteiger partial charge < -0.3 is 0 Å². The molecule has 0 heteroatoms. The van der Waals surface area contributed by atoms with Crippen LogP contribution < -0.4 is 0 Å². The Morgan fingerprint density at radius 2 is 1.29 bits per heavy atom. The van der Waals surface area contributed by atoms with Gasteiger partial charge in [-0.05, 0) is 146 Å². The maximum absolute atomic E-state index is 2.75. The number of rotatable bonds is 8. The van der Waals surface area contributed by atoms with Gasteiger partial charge in [-0.3, -0.25) is 0 Å². The Kier molecular flexibility index (Phi) is 4.39. The Hall–Kier alpha value is -0.260. The molecule has 0 nitrogen and oxygen atoms in total. The lowest BCUT2D eigenvalue weighted by Crippen LogP contribution is -2.45. The molecule has 34 heavy (non-hydrogen) atoms. The number of unbranched alkanes of at least 4 members (excludes halogenated alkanes) is 6. The van der Waals surface area contributed by atoms with Crippen molar-refractivity contribution in [3.63, 3.8) is 0 Å². The molecule has 9 rings (SSSR count). The lowest BCUT2D eigenvalue weighted by molar-refractivity contribution is -0.0181. The molecule has 0 saturated heterocycles. The normalized spacial score (nSPS) is 62.1. The monoisotopic (exact) mass is 458 g/mol. The summed E-state index contributed by atoms with van der Waals surface area (Å²) in [5.41, 5.74) is 0.766. The summed E-state index contributed by atoms with van der Waals surface area (Å²) in [5, 5.41) is 0. The van der Waals surface area contributed by atoms with Gasteiger partial charge in [0.15, 0.2) is 0 Å². The fraction of sp³-hybridized carbons (Fsp3) is 0.941. The number of hydrogen-bond acceptors (Lipinski definition) is 0. The van der Waals surface area contributed by atoms with Crippen LogP contribution in [0.5, 0.6) is 0 Å². The first kappa shape index (κ1) is 20.8. The van der Waals surface area contributed by atoms with Crippen LogP contribution in [0.15, 0.2) is 12.2 Å². The van der Waals surface area contributed by atoms with Crippen molar-refractivity contribution in [2.24, 2.45) is 94.2 Å². The fourth-order valence-corrected chi connectivity index (χ4v) is 15.2. The van der Waals surface area contributed by atoms with Crippen LogP contribution in [0.3, 0.4) is 0 Å². The second kappa shape index (κ2) is 7.19. The van der Waals surface area contributed by atoms with Crippen LogP contribution in [0.25, 0.3) is 0 Å². The molecule has 16 unspecified atom stereocenters. The largest absolute Gasteiger partial charge is 0.0848 e. The average Bonchev–Trinajstić information content (AvgIpc) is 3.68. The van der Waals surface area contributed by atoms with Crippen molar-refractivity contribution in [2.45, 2.75) is 103 Å². The molecule has 8 saturated carbocycles. The highest BCUT2D eigenvalue weighted by molar-refractivity contribution is 5.29. The van der Waals surface area contributed by atoms with E-state index in [1.807, 2.05) is 0 Å². The van der Waals surface area contributed by atoms with Gasteiger partial charge in [0.1, 0.15) is 0 Å². The van der Waals surface area contributed by atoms with Crippen molar-refractivity contribution in [3.05, 3.63) is 12.2 Å². The standard InChI is InChI=1S/C34H50/c1-2-3-4-5-6-7-8-13-34-18-27-23-16-26(32(27)33(34)21-11-12-22(34)15-21)31-25-17-24(30(23)31)28-19-9-10-20(14-19)29(25)28/h11-12,19-33H,2-10,13-18H2,1H3. The minimum Gasteiger partial charge on any atom is -0.0848 e. The van der Waals surface area contributed by atoms with Gasteiger partial charge in [-0.1, -0.05) is 64.0 Å². The Labute approximate surface area is 209 Å². The minimum atomic E-state index is 0.766. The average molecular weight is 459 g/mol. The number of allylic oxidation sites excluding steroid dienone is 2. The van der Waals surface area contributed by atoms with E-state index in [9.17, 15) is 0 Å². The molecule has 0 aromatic heterocycles. The lowest BCUT2D eigenvalue weighted by Gasteiger charge is -2.49. The number of hydrogen-bond donors (Lipinski definition) is 0. The summed E-state index contributed by atoms with van der Waals surface area (Å²) in [4.78, 5) is 0. The van der Waals surface area contributed by atoms with Gasteiger partial charge in [-0.25, -0.2) is 0 Å². The third-order valence-electron chi connectivity index (χ3n) is 15.3. The van der Waals surface area contributed by atoms with Gasteiger partial charge in [0, 0.05) is 0 Å². The quantitative estimate of drug-likeness (QED) is 0.194. The van der Waals surface area contributed by atoms with Crippen molar-refractivity contribution in [1.82, 2.24) is 0 Å². The zero-order valence-electron chi connectivity index (χ0n) is 21.9. The van der Waals surface area contributed by atoms with Crippen molar-refractivity contribution in [2.75, 3.05) is 0 Å². The number of fused-ring (bicyclic) bond motifs is 25. The highest BCUT2D eigenvalue weighted by Crippen LogP contribution is 2.83.